The van der Waals surface area contributed by atoms with Crippen LogP contribution in [0.5, 0.6) is 0 Å². The summed E-state index contributed by atoms with van der Waals surface area (Å²) >= 11 is 0. The SMILES string of the molecule is C=C(CN=C=O)CC1CCCN1. The first kappa shape index (κ1) is 9.17. The molecule has 0 aromatic rings. The second-order valence-corrected chi connectivity index (χ2v) is 3.15. The summed E-state index contributed by atoms with van der Waals surface area (Å²) in [4.78, 5) is 13.3. The molecule has 0 aromatic heterocycles. The van der Waals surface area contributed by atoms with Crippen LogP contribution in [-0.4, -0.2) is 25.2 Å². The van der Waals surface area contributed by atoms with E-state index in [1.165, 1.54) is 18.9 Å². The molecule has 1 heterocycles. The van der Waals surface area contributed by atoms with Crippen LogP contribution in [0.2, 0.25) is 0 Å². The van der Waals surface area contributed by atoms with Crippen LogP contribution in [0.25, 0.3) is 0 Å². The average molecular weight is 166 g/mol. The molecule has 0 spiro atoms. The minimum absolute atomic E-state index is 0.432. The van der Waals surface area contributed by atoms with Crippen LogP contribution in [0.4, 0.5) is 0 Å². The van der Waals surface area contributed by atoms with Crippen molar-refractivity contribution in [2.75, 3.05) is 13.1 Å². The van der Waals surface area contributed by atoms with Gasteiger partial charge in [0.15, 0.2) is 0 Å². The molecule has 0 amide bonds. The summed E-state index contributed by atoms with van der Waals surface area (Å²) in [7, 11) is 0. The van der Waals surface area contributed by atoms with Gasteiger partial charge in [0.05, 0.1) is 6.54 Å². The highest BCUT2D eigenvalue weighted by molar-refractivity contribution is 5.33. The standard InChI is InChI=1S/C9H14N2O/c1-8(6-10-7-12)5-9-3-2-4-11-9/h9,11H,1-6H2. The van der Waals surface area contributed by atoms with Crippen molar-refractivity contribution in [2.45, 2.75) is 25.3 Å². The normalized spacial score (nSPS) is 21.8. The molecule has 3 heteroatoms. The fourth-order valence-electron chi connectivity index (χ4n) is 1.49. The Balaban J connectivity index is 2.20. The van der Waals surface area contributed by atoms with Crippen LogP contribution in [0.15, 0.2) is 17.1 Å². The van der Waals surface area contributed by atoms with Gasteiger partial charge in [-0.05, 0) is 25.8 Å². The maximum absolute atomic E-state index is 9.80. The number of hydrogen-bond acceptors (Lipinski definition) is 3. The number of carbonyl (C=O) groups excluding carboxylic acids is 1. The molecule has 0 aromatic carbocycles. The van der Waals surface area contributed by atoms with Gasteiger partial charge in [-0.1, -0.05) is 12.2 Å². The van der Waals surface area contributed by atoms with E-state index in [1.807, 2.05) is 0 Å². The highest BCUT2D eigenvalue weighted by Crippen LogP contribution is 2.13. The number of hydrogen-bond donors (Lipinski definition) is 1. The number of aliphatic imine (C=N–C) groups is 1. The highest BCUT2D eigenvalue weighted by Gasteiger charge is 2.14. The Morgan fingerprint density at radius 3 is 3.17 bits per heavy atom. The zero-order valence-electron chi connectivity index (χ0n) is 7.18. The summed E-state index contributed by atoms with van der Waals surface area (Å²) in [6.07, 6.45) is 4.91. The van der Waals surface area contributed by atoms with E-state index >= 15 is 0 Å². The lowest BCUT2D eigenvalue weighted by Gasteiger charge is -2.09. The molecule has 1 aliphatic heterocycles. The van der Waals surface area contributed by atoms with E-state index in [9.17, 15) is 4.79 Å². The van der Waals surface area contributed by atoms with E-state index < -0.39 is 0 Å². The fourth-order valence-corrected chi connectivity index (χ4v) is 1.49. The summed E-state index contributed by atoms with van der Waals surface area (Å²) in [5.41, 5.74) is 1.01. The fraction of sp³-hybridized carbons (Fsp3) is 0.667. The number of rotatable bonds is 4. The monoisotopic (exact) mass is 166 g/mol. The van der Waals surface area contributed by atoms with E-state index in [0.717, 1.165) is 18.5 Å². The predicted molar refractivity (Wildman–Crippen MR) is 47.8 cm³/mol. The lowest BCUT2D eigenvalue weighted by atomic mass is 10.1. The van der Waals surface area contributed by atoms with Gasteiger partial charge in [-0.2, -0.15) is 0 Å². The zero-order valence-corrected chi connectivity index (χ0v) is 7.18. The second-order valence-electron chi connectivity index (χ2n) is 3.15. The van der Waals surface area contributed by atoms with Gasteiger partial charge in [-0.3, -0.25) is 0 Å². The molecule has 0 radical (unpaired) electrons. The first-order valence-electron chi connectivity index (χ1n) is 4.26. The Hall–Kier alpha value is -0.920. The Morgan fingerprint density at radius 1 is 1.75 bits per heavy atom. The first-order chi connectivity index (χ1) is 5.83. The van der Waals surface area contributed by atoms with Gasteiger partial charge >= 0.3 is 0 Å². The van der Waals surface area contributed by atoms with Crippen LogP contribution in [0.1, 0.15) is 19.3 Å². The summed E-state index contributed by atoms with van der Waals surface area (Å²) in [5.74, 6) is 0. The molecular formula is C9H14N2O. The molecule has 1 fully saturated rings. The predicted octanol–water partition coefficient (Wildman–Crippen LogP) is 1.02. The van der Waals surface area contributed by atoms with Crippen LogP contribution in [-0.2, 0) is 4.79 Å². The molecule has 1 saturated heterocycles. The maximum atomic E-state index is 9.80. The quantitative estimate of drug-likeness (QED) is 0.385. The van der Waals surface area contributed by atoms with Crippen molar-refractivity contribution in [3.63, 3.8) is 0 Å². The van der Waals surface area contributed by atoms with Crippen molar-refractivity contribution in [1.82, 2.24) is 5.32 Å². The zero-order chi connectivity index (χ0) is 8.81. The molecule has 1 aliphatic rings. The largest absolute Gasteiger partial charge is 0.314 e. The Kier molecular flexibility index (Phi) is 3.71. The van der Waals surface area contributed by atoms with Crippen LogP contribution >= 0.6 is 0 Å². The molecule has 12 heavy (non-hydrogen) atoms. The third kappa shape index (κ3) is 2.99. The lowest BCUT2D eigenvalue weighted by molar-refractivity contribution is 0.562. The van der Waals surface area contributed by atoms with Gasteiger partial charge < -0.3 is 5.32 Å². The summed E-state index contributed by atoms with van der Waals surface area (Å²) in [6, 6.07) is 0.555. The molecule has 1 unspecified atom stereocenters. The lowest BCUT2D eigenvalue weighted by Crippen LogP contribution is -2.21. The third-order valence-corrected chi connectivity index (χ3v) is 2.06. The topological polar surface area (TPSA) is 41.5 Å². The van der Waals surface area contributed by atoms with Crippen molar-refractivity contribution < 1.29 is 4.79 Å². The van der Waals surface area contributed by atoms with E-state index in [2.05, 4.69) is 16.9 Å². The Labute approximate surface area is 72.6 Å². The van der Waals surface area contributed by atoms with E-state index in [0.29, 0.717) is 12.6 Å². The Morgan fingerprint density at radius 2 is 2.58 bits per heavy atom. The van der Waals surface area contributed by atoms with Crippen LogP contribution in [0, 0.1) is 0 Å². The smallest absolute Gasteiger partial charge is 0.235 e. The van der Waals surface area contributed by atoms with E-state index in [4.69, 9.17) is 0 Å². The maximum Gasteiger partial charge on any atom is 0.235 e. The summed E-state index contributed by atoms with van der Waals surface area (Å²) in [5, 5.41) is 3.36. The molecule has 66 valence electrons. The van der Waals surface area contributed by atoms with Gasteiger partial charge in [0.2, 0.25) is 6.08 Å². The molecule has 1 atom stereocenters. The second kappa shape index (κ2) is 4.86. The minimum atomic E-state index is 0.432. The molecule has 1 rings (SSSR count). The van der Waals surface area contributed by atoms with E-state index in [1.54, 1.807) is 0 Å². The van der Waals surface area contributed by atoms with Crippen LogP contribution < -0.4 is 5.32 Å². The van der Waals surface area contributed by atoms with Gasteiger partial charge in [-0.15, -0.1) is 0 Å². The van der Waals surface area contributed by atoms with Crippen molar-refractivity contribution in [3.8, 4) is 0 Å². The van der Waals surface area contributed by atoms with Crippen molar-refractivity contribution in [2.24, 2.45) is 4.99 Å². The average Bonchev–Trinajstić information content (AvgIpc) is 2.53. The summed E-state index contributed by atoms with van der Waals surface area (Å²) in [6.45, 7) is 5.38. The van der Waals surface area contributed by atoms with E-state index in [-0.39, 0.29) is 0 Å². The van der Waals surface area contributed by atoms with Gasteiger partial charge in [-0.25, -0.2) is 9.79 Å². The number of nitrogens with zero attached hydrogens (tertiary/aromatic N) is 1. The minimum Gasteiger partial charge on any atom is -0.314 e. The summed E-state index contributed by atoms with van der Waals surface area (Å²) < 4.78 is 0. The molecule has 0 aliphatic carbocycles. The first-order valence-corrected chi connectivity index (χ1v) is 4.26. The van der Waals surface area contributed by atoms with Gasteiger partial charge in [0.25, 0.3) is 0 Å². The number of nitrogens with one attached hydrogen (secondary N) is 1. The number of isocyanates is 1. The molecule has 0 bridgehead atoms. The third-order valence-electron chi connectivity index (χ3n) is 2.06. The van der Waals surface area contributed by atoms with Crippen molar-refractivity contribution >= 4 is 6.08 Å². The Bertz CT molecular complexity index is 201. The molecule has 0 saturated carbocycles. The molecule has 1 N–H and O–H groups in total. The highest BCUT2D eigenvalue weighted by atomic mass is 16.1. The van der Waals surface area contributed by atoms with Gasteiger partial charge in [0.1, 0.15) is 0 Å². The van der Waals surface area contributed by atoms with Crippen molar-refractivity contribution in [1.29, 1.82) is 0 Å². The van der Waals surface area contributed by atoms with Crippen LogP contribution in [0.3, 0.4) is 0 Å². The van der Waals surface area contributed by atoms with Gasteiger partial charge in [0, 0.05) is 6.04 Å². The molecular weight excluding hydrogens is 152 g/mol. The molecule has 3 nitrogen and oxygen atoms in total. The van der Waals surface area contributed by atoms with Crippen molar-refractivity contribution in [3.05, 3.63) is 12.2 Å².